The number of ether oxygens (including phenoxy) is 2. The summed E-state index contributed by atoms with van der Waals surface area (Å²) in [5.41, 5.74) is 2.68. The number of aryl methyl sites for hydroxylation is 1. The molecule has 5 N–H and O–H groups in total. The Hall–Kier alpha value is -3.62. The SMILES string of the molecule is CCc1cc([C@H]2O[C@@H](n3cnc4c(NC5CCOCC5)nc(NC(CO)Cc5ccccc5)nc43)[C@H](O)[C@@H]2O)on1. The van der Waals surface area contributed by atoms with E-state index in [1.54, 1.807) is 10.6 Å². The minimum atomic E-state index is -1.28. The van der Waals surface area contributed by atoms with Gasteiger partial charge in [-0.2, -0.15) is 9.97 Å². The zero-order valence-corrected chi connectivity index (χ0v) is 22.8. The van der Waals surface area contributed by atoms with Crippen molar-refractivity contribution in [1.29, 1.82) is 0 Å². The lowest BCUT2D eigenvalue weighted by atomic mass is 10.1. The molecule has 2 fully saturated rings. The van der Waals surface area contributed by atoms with E-state index in [4.69, 9.17) is 24.0 Å². The van der Waals surface area contributed by atoms with Crippen molar-refractivity contribution in [3.05, 3.63) is 59.7 Å². The van der Waals surface area contributed by atoms with Crippen LogP contribution in [0.3, 0.4) is 0 Å². The Morgan fingerprint density at radius 1 is 1.10 bits per heavy atom. The van der Waals surface area contributed by atoms with Crippen molar-refractivity contribution in [2.75, 3.05) is 30.5 Å². The summed E-state index contributed by atoms with van der Waals surface area (Å²) < 4.78 is 18.6. The van der Waals surface area contributed by atoms with Gasteiger partial charge >= 0.3 is 0 Å². The van der Waals surface area contributed by atoms with Gasteiger partial charge in [-0.15, -0.1) is 0 Å². The molecule has 6 rings (SSSR count). The number of fused-ring (bicyclic) bond motifs is 1. The molecule has 0 amide bonds. The zero-order chi connectivity index (χ0) is 28.3. The van der Waals surface area contributed by atoms with E-state index in [9.17, 15) is 15.3 Å². The second-order valence-corrected chi connectivity index (χ2v) is 10.5. The van der Waals surface area contributed by atoms with Crippen LogP contribution >= 0.6 is 0 Å². The Morgan fingerprint density at radius 2 is 1.90 bits per heavy atom. The highest BCUT2D eigenvalue weighted by atomic mass is 16.6. The lowest BCUT2D eigenvalue weighted by molar-refractivity contribution is -0.0434. The summed E-state index contributed by atoms with van der Waals surface area (Å²) in [6.07, 6.45) is -0.0550. The normalized spacial score (nSPS) is 24.1. The number of nitrogens with one attached hydrogen (secondary N) is 2. The number of benzene rings is 1. The summed E-state index contributed by atoms with van der Waals surface area (Å²) >= 11 is 0. The summed E-state index contributed by atoms with van der Waals surface area (Å²) in [6.45, 7) is 3.12. The lowest BCUT2D eigenvalue weighted by Crippen LogP contribution is -2.30. The number of imidazole rings is 1. The van der Waals surface area contributed by atoms with E-state index in [0.717, 1.165) is 24.1 Å². The molecule has 13 heteroatoms. The first-order valence-electron chi connectivity index (χ1n) is 14.0. The number of aliphatic hydroxyl groups excluding tert-OH is 3. The van der Waals surface area contributed by atoms with Crippen molar-refractivity contribution in [2.45, 2.75) is 69.2 Å². The number of hydrogen-bond acceptors (Lipinski definition) is 12. The molecule has 0 spiro atoms. The predicted octanol–water partition coefficient (Wildman–Crippen LogP) is 1.97. The van der Waals surface area contributed by atoms with Crippen LogP contribution in [-0.4, -0.2) is 84.1 Å². The van der Waals surface area contributed by atoms with Gasteiger partial charge in [0.1, 0.15) is 18.3 Å². The Kier molecular flexibility index (Phi) is 8.12. The Balaban J connectivity index is 1.33. The summed E-state index contributed by atoms with van der Waals surface area (Å²) in [7, 11) is 0. The third-order valence-electron chi connectivity index (χ3n) is 7.59. The van der Waals surface area contributed by atoms with E-state index in [0.29, 0.717) is 48.8 Å². The van der Waals surface area contributed by atoms with Crippen molar-refractivity contribution in [3.8, 4) is 0 Å². The van der Waals surface area contributed by atoms with Crippen LogP contribution in [0.25, 0.3) is 11.2 Å². The lowest BCUT2D eigenvalue weighted by Gasteiger charge is -2.24. The van der Waals surface area contributed by atoms with Crippen LogP contribution in [0.15, 0.2) is 47.2 Å². The molecular formula is C28H35N7O6. The van der Waals surface area contributed by atoms with Crippen molar-refractivity contribution >= 4 is 22.9 Å². The molecule has 0 bridgehead atoms. The van der Waals surface area contributed by atoms with Crippen LogP contribution in [0, 0.1) is 0 Å². The van der Waals surface area contributed by atoms with Crippen molar-refractivity contribution in [2.24, 2.45) is 0 Å². The van der Waals surface area contributed by atoms with Gasteiger partial charge in [0.25, 0.3) is 0 Å². The molecule has 1 aromatic carbocycles. The number of nitrogens with zero attached hydrogens (tertiary/aromatic N) is 5. The van der Waals surface area contributed by atoms with Gasteiger partial charge in [0.15, 0.2) is 29.0 Å². The van der Waals surface area contributed by atoms with Gasteiger partial charge in [0, 0.05) is 25.3 Å². The summed E-state index contributed by atoms with van der Waals surface area (Å²) in [4.78, 5) is 14.0. The Morgan fingerprint density at radius 3 is 2.63 bits per heavy atom. The smallest absolute Gasteiger partial charge is 0.227 e. The molecule has 3 aromatic heterocycles. The summed E-state index contributed by atoms with van der Waals surface area (Å²) in [6, 6.07) is 11.4. The fourth-order valence-electron chi connectivity index (χ4n) is 5.30. The van der Waals surface area contributed by atoms with Gasteiger partial charge in [0.2, 0.25) is 5.95 Å². The standard InChI is InChI=1S/C28H35N7O6/c1-2-17-13-20(41-34-17)24-22(37)23(38)27(40-24)35-15-29-21-25(30-18-8-10-39-11-9-18)32-28(33-26(21)35)31-19(14-36)12-16-6-4-3-5-7-16/h3-7,13,15,18-19,22-24,27,36-38H,2,8-12,14H2,1H3,(H2,30,31,32,33)/t19?,22-,23+,24+,27+/m0/s1. The molecule has 0 radical (unpaired) electrons. The second-order valence-electron chi connectivity index (χ2n) is 10.5. The molecule has 5 heterocycles. The molecule has 2 aliphatic heterocycles. The molecule has 4 aromatic rings. The number of aromatic nitrogens is 5. The molecule has 5 atom stereocenters. The van der Waals surface area contributed by atoms with Crippen LogP contribution in [0.5, 0.6) is 0 Å². The summed E-state index contributed by atoms with van der Waals surface area (Å²) in [5.74, 6) is 1.15. The highest BCUT2D eigenvalue weighted by Crippen LogP contribution is 2.40. The van der Waals surface area contributed by atoms with E-state index in [-0.39, 0.29) is 24.6 Å². The fourth-order valence-corrected chi connectivity index (χ4v) is 5.30. The molecular weight excluding hydrogens is 530 g/mol. The van der Waals surface area contributed by atoms with Crippen molar-refractivity contribution < 1.29 is 29.3 Å². The first-order chi connectivity index (χ1) is 20.0. The van der Waals surface area contributed by atoms with Crippen LogP contribution in [-0.2, 0) is 22.3 Å². The molecule has 2 aliphatic rings. The third kappa shape index (κ3) is 5.76. The average Bonchev–Trinajstić information content (AvgIpc) is 3.72. The van der Waals surface area contributed by atoms with Gasteiger partial charge < -0.3 is 39.9 Å². The highest BCUT2D eigenvalue weighted by molar-refractivity contribution is 5.84. The van der Waals surface area contributed by atoms with E-state index >= 15 is 0 Å². The number of anilines is 2. The van der Waals surface area contributed by atoms with Crippen LogP contribution in [0.2, 0.25) is 0 Å². The molecule has 218 valence electrons. The van der Waals surface area contributed by atoms with Crippen LogP contribution in [0.1, 0.15) is 49.1 Å². The molecule has 0 aliphatic carbocycles. The number of aliphatic hydroxyl groups is 3. The largest absolute Gasteiger partial charge is 0.394 e. The van der Waals surface area contributed by atoms with E-state index < -0.39 is 24.5 Å². The van der Waals surface area contributed by atoms with Crippen molar-refractivity contribution in [3.63, 3.8) is 0 Å². The van der Waals surface area contributed by atoms with Gasteiger partial charge in [-0.3, -0.25) is 4.57 Å². The van der Waals surface area contributed by atoms with Crippen LogP contribution < -0.4 is 10.6 Å². The van der Waals surface area contributed by atoms with Gasteiger partial charge in [-0.1, -0.05) is 42.4 Å². The maximum absolute atomic E-state index is 11.0. The maximum atomic E-state index is 11.0. The fraction of sp³-hybridized carbons (Fsp3) is 0.500. The van der Waals surface area contributed by atoms with E-state index in [1.165, 1.54) is 6.33 Å². The third-order valence-corrected chi connectivity index (χ3v) is 7.59. The first-order valence-corrected chi connectivity index (χ1v) is 14.0. The Bertz CT molecular complexity index is 1440. The topological polar surface area (TPSA) is 173 Å². The molecule has 0 saturated carbocycles. The zero-order valence-electron chi connectivity index (χ0n) is 22.8. The van der Waals surface area contributed by atoms with Crippen LogP contribution in [0.4, 0.5) is 11.8 Å². The maximum Gasteiger partial charge on any atom is 0.227 e. The predicted molar refractivity (Wildman–Crippen MR) is 148 cm³/mol. The number of rotatable bonds is 10. The van der Waals surface area contributed by atoms with Gasteiger partial charge in [0.05, 0.1) is 24.7 Å². The minimum Gasteiger partial charge on any atom is -0.394 e. The monoisotopic (exact) mass is 565 g/mol. The van der Waals surface area contributed by atoms with E-state index in [2.05, 4.69) is 20.8 Å². The highest BCUT2D eigenvalue weighted by Gasteiger charge is 2.47. The van der Waals surface area contributed by atoms with Gasteiger partial charge in [-0.05, 0) is 31.2 Å². The number of hydrogen-bond donors (Lipinski definition) is 5. The average molecular weight is 566 g/mol. The van der Waals surface area contributed by atoms with E-state index in [1.807, 2.05) is 37.3 Å². The molecule has 1 unspecified atom stereocenters. The van der Waals surface area contributed by atoms with Gasteiger partial charge in [-0.25, -0.2) is 4.98 Å². The quantitative estimate of drug-likeness (QED) is 0.190. The first kappa shape index (κ1) is 27.5. The Labute approximate surface area is 236 Å². The second kappa shape index (κ2) is 12.1. The minimum absolute atomic E-state index is 0.131. The molecule has 13 nitrogen and oxygen atoms in total. The molecule has 2 saturated heterocycles. The molecule has 41 heavy (non-hydrogen) atoms. The van der Waals surface area contributed by atoms with Crippen molar-refractivity contribution in [1.82, 2.24) is 24.7 Å². The summed E-state index contributed by atoms with van der Waals surface area (Å²) in [5, 5.41) is 42.8.